The molecule has 3 rings (SSSR count). The Morgan fingerprint density at radius 3 is 2.43 bits per heavy atom. The minimum Gasteiger partial charge on any atom is -0.354 e. The summed E-state index contributed by atoms with van der Waals surface area (Å²) in [6.07, 6.45) is 1.75. The van der Waals surface area contributed by atoms with Crippen LogP contribution in [0.25, 0.3) is 0 Å². The van der Waals surface area contributed by atoms with Gasteiger partial charge in [0.25, 0.3) is 0 Å². The highest BCUT2D eigenvalue weighted by molar-refractivity contribution is 6.39. The third-order valence-corrected chi connectivity index (χ3v) is 4.61. The second kappa shape index (κ2) is 7.34. The summed E-state index contributed by atoms with van der Waals surface area (Å²) in [7, 11) is 0. The summed E-state index contributed by atoms with van der Waals surface area (Å²) in [6, 6.07) is 7.30. The highest BCUT2D eigenvalue weighted by Gasteiger charge is 2.17. The predicted octanol–water partition coefficient (Wildman–Crippen LogP) is 3.67. The number of benzene rings is 1. The third kappa shape index (κ3) is 3.86. The molecule has 5 nitrogen and oxygen atoms in total. The Kier molecular flexibility index (Phi) is 5.20. The van der Waals surface area contributed by atoms with Gasteiger partial charge in [-0.25, -0.2) is 4.98 Å². The van der Waals surface area contributed by atoms with E-state index in [-0.39, 0.29) is 0 Å². The third-order valence-electron chi connectivity index (χ3n) is 3.98. The number of hydrogen-bond acceptors (Lipinski definition) is 5. The summed E-state index contributed by atoms with van der Waals surface area (Å²) in [4.78, 5) is 13.6. The summed E-state index contributed by atoms with van der Waals surface area (Å²) in [5.41, 5.74) is 0.629. The van der Waals surface area contributed by atoms with Gasteiger partial charge in [-0.05, 0) is 24.7 Å². The van der Waals surface area contributed by atoms with Crippen LogP contribution in [0.5, 0.6) is 0 Å². The van der Waals surface area contributed by atoms with Crippen molar-refractivity contribution in [2.75, 3.05) is 42.9 Å². The topological polar surface area (TPSA) is 44.3 Å². The van der Waals surface area contributed by atoms with Gasteiger partial charge in [0.15, 0.2) is 0 Å². The first-order valence-electron chi connectivity index (χ1n) is 7.68. The van der Waals surface area contributed by atoms with Crippen molar-refractivity contribution in [1.29, 1.82) is 0 Å². The Balaban J connectivity index is 1.75. The van der Waals surface area contributed by atoms with Crippen molar-refractivity contribution in [3.8, 4) is 0 Å². The highest BCUT2D eigenvalue weighted by Crippen LogP contribution is 2.31. The van der Waals surface area contributed by atoms with Gasteiger partial charge in [0.05, 0.1) is 15.7 Å². The van der Waals surface area contributed by atoms with E-state index in [4.69, 9.17) is 23.2 Å². The molecule has 23 heavy (non-hydrogen) atoms. The second-order valence-electron chi connectivity index (χ2n) is 5.38. The van der Waals surface area contributed by atoms with E-state index in [1.807, 2.05) is 6.07 Å². The molecule has 0 amide bonds. The van der Waals surface area contributed by atoms with Crippen LogP contribution >= 0.6 is 23.2 Å². The Hall–Kier alpha value is -1.56. The molecule has 1 fully saturated rings. The summed E-state index contributed by atoms with van der Waals surface area (Å²) in [5, 5.41) is 4.21. The number of piperazine rings is 1. The zero-order chi connectivity index (χ0) is 16.2. The van der Waals surface area contributed by atoms with Crippen molar-refractivity contribution in [2.24, 2.45) is 0 Å². The van der Waals surface area contributed by atoms with Gasteiger partial charge in [0.2, 0.25) is 5.95 Å². The molecule has 0 aliphatic carbocycles. The number of nitrogens with zero attached hydrogens (tertiary/aromatic N) is 4. The van der Waals surface area contributed by atoms with E-state index in [9.17, 15) is 0 Å². The fourth-order valence-corrected chi connectivity index (χ4v) is 3.10. The molecule has 0 atom stereocenters. The van der Waals surface area contributed by atoms with E-state index in [1.165, 1.54) is 0 Å². The van der Waals surface area contributed by atoms with Crippen LogP contribution in [0.1, 0.15) is 6.92 Å². The van der Waals surface area contributed by atoms with E-state index in [0.717, 1.165) is 38.5 Å². The van der Waals surface area contributed by atoms with E-state index in [1.54, 1.807) is 24.4 Å². The molecule has 1 aliphatic rings. The van der Waals surface area contributed by atoms with Crippen LogP contribution < -0.4 is 10.2 Å². The molecule has 0 saturated carbocycles. The zero-order valence-corrected chi connectivity index (χ0v) is 14.5. The Bertz CT molecular complexity index is 651. The molecule has 2 heterocycles. The average Bonchev–Trinajstić information content (AvgIpc) is 2.59. The van der Waals surface area contributed by atoms with Gasteiger partial charge in [0, 0.05) is 32.4 Å². The normalized spacial score (nSPS) is 15.7. The summed E-state index contributed by atoms with van der Waals surface area (Å²) < 4.78 is 0. The molecule has 0 unspecified atom stereocenters. The number of hydrogen-bond donors (Lipinski definition) is 1. The number of rotatable bonds is 4. The molecule has 2 aromatic rings. The lowest BCUT2D eigenvalue weighted by Gasteiger charge is -2.34. The monoisotopic (exact) mass is 351 g/mol. The fraction of sp³-hybridized carbons (Fsp3) is 0.375. The van der Waals surface area contributed by atoms with Gasteiger partial charge in [-0.15, -0.1) is 0 Å². The van der Waals surface area contributed by atoms with Crippen molar-refractivity contribution < 1.29 is 0 Å². The van der Waals surface area contributed by atoms with Gasteiger partial charge in [0.1, 0.15) is 5.82 Å². The lowest BCUT2D eigenvalue weighted by atomic mass is 10.3. The summed E-state index contributed by atoms with van der Waals surface area (Å²) in [5.74, 6) is 1.41. The zero-order valence-electron chi connectivity index (χ0n) is 13.0. The van der Waals surface area contributed by atoms with Crippen LogP contribution in [0.2, 0.25) is 10.0 Å². The van der Waals surface area contributed by atoms with E-state index in [0.29, 0.717) is 21.7 Å². The molecule has 0 spiro atoms. The maximum Gasteiger partial charge on any atom is 0.229 e. The van der Waals surface area contributed by atoms with Crippen LogP contribution in [0, 0.1) is 0 Å². The number of anilines is 3. The Morgan fingerprint density at radius 2 is 1.78 bits per heavy atom. The smallest absolute Gasteiger partial charge is 0.229 e. The van der Waals surface area contributed by atoms with Crippen LogP contribution in [0.4, 0.5) is 17.5 Å². The van der Waals surface area contributed by atoms with Gasteiger partial charge in [-0.2, -0.15) is 4.98 Å². The van der Waals surface area contributed by atoms with Gasteiger partial charge >= 0.3 is 0 Å². The molecular weight excluding hydrogens is 333 g/mol. The van der Waals surface area contributed by atoms with Crippen molar-refractivity contribution in [1.82, 2.24) is 14.9 Å². The number of likely N-dealkylation sites (N-methyl/N-ethyl adjacent to an activating group) is 1. The van der Waals surface area contributed by atoms with Crippen LogP contribution in [-0.4, -0.2) is 47.6 Å². The van der Waals surface area contributed by atoms with Gasteiger partial charge in [-0.1, -0.05) is 36.2 Å². The molecule has 1 saturated heterocycles. The van der Waals surface area contributed by atoms with Gasteiger partial charge < -0.3 is 15.1 Å². The first kappa shape index (κ1) is 16.3. The lowest BCUT2D eigenvalue weighted by molar-refractivity contribution is 0.270. The van der Waals surface area contributed by atoms with Crippen LogP contribution in [-0.2, 0) is 0 Å². The molecule has 7 heteroatoms. The summed E-state index contributed by atoms with van der Waals surface area (Å²) in [6.45, 7) is 7.33. The number of para-hydroxylation sites is 1. The fourth-order valence-electron chi connectivity index (χ4n) is 2.61. The first-order valence-corrected chi connectivity index (χ1v) is 8.44. The lowest BCUT2D eigenvalue weighted by Crippen LogP contribution is -2.46. The van der Waals surface area contributed by atoms with Crippen molar-refractivity contribution in [3.63, 3.8) is 0 Å². The average molecular weight is 352 g/mol. The number of halogens is 2. The Labute approximate surface area is 146 Å². The van der Waals surface area contributed by atoms with E-state index < -0.39 is 0 Å². The molecule has 1 aromatic heterocycles. The van der Waals surface area contributed by atoms with Crippen molar-refractivity contribution in [2.45, 2.75) is 6.92 Å². The predicted molar refractivity (Wildman–Crippen MR) is 96.1 cm³/mol. The minimum atomic E-state index is 0.496. The van der Waals surface area contributed by atoms with Crippen LogP contribution in [0.3, 0.4) is 0 Å². The quantitative estimate of drug-likeness (QED) is 0.910. The largest absolute Gasteiger partial charge is 0.354 e. The van der Waals surface area contributed by atoms with Crippen molar-refractivity contribution in [3.05, 3.63) is 40.5 Å². The van der Waals surface area contributed by atoms with E-state index in [2.05, 4.69) is 32.0 Å². The Morgan fingerprint density at radius 1 is 1.09 bits per heavy atom. The number of aromatic nitrogens is 2. The standard InChI is InChI=1S/C16H19Cl2N5/c1-2-22-8-10-23(11-9-22)14-6-7-19-16(20-14)21-15-12(17)4-3-5-13(15)18/h3-7H,2,8-11H2,1H3,(H,19,20,21). The molecule has 0 bridgehead atoms. The molecule has 1 aliphatic heterocycles. The first-order chi connectivity index (χ1) is 11.2. The van der Waals surface area contributed by atoms with E-state index >= 15 is 0 Å². The second-order valence-corrected chi connectivity index (χ2v) is 6.20. The molecular formula is C16H19Cl2N5. The van der Waals surface area contributed by atoms with Crippen LogP contribution in [0.15, 0.2) is 30.5 Å². The van der Waals surface area contributed by atoms with Crippen molar-refractivity contribution >= 4 is 40.7 Å². The molecule has 1 N–H and O–H groups in total. The highest BCUT2D eigenvalue weighted by atomic mass is 35.5. The van der Waals surface area contributed by atoms with Gasteiger partial charge in [-0.3, -0.25) is 0 Å². The summed E-state index contributed by atoms with van der Waals surface area (Å²) >= 11 is 12.4. The molecule has 122 valence electrons. The maximum atomic E-state index is 6.18. The number of nitrogens with one attached hydrogen (secondary N) is 1. The SMILES string of the molecule is CCN1CCN(c2ccnc(Nc3c(Cl)cccc3Cl)n2)CC1. The minimum absolute atomic E-state index is 0.496. The molecule has 1 aromatic carbocycles. The maximum absolute atomic E-state index is 6.18. The molecule has 0 radical (unpaired) electrons.